The topological polar surface area (TPSA) is 26.0 Å². The maximum atomic E-state index is 14.1. The zero-order chi connectivity index (χ0) is 14.7. The van der Waals surface area contributed by atoms with E-state index in [-0.39, 0.29) is 11.9 Å². The van der Waals surface area contributed by atoms with Crippen LogP contribution in [0.2, 0.25) is 10.0 Å². The zero-order valence-electron chi connectivity index (χ0n) is 10.9. The molecular weight excluding hydrogens is 316 g/mol. The highest BCUT2D eigenvalue weighted by atomic mass is 35.5. The van der Waals surface area contributed by atoms with E-state index in [1.54, 1.807) is 24.3 Å². The number of hydrogen-bond donors (Lipinski definition) is 1. The molecule has 2 aromatic carbocycles. The normalized spacial score (nSPS) is 12.4. The Morgan fingerprint density at radius 2 is 1.90 bits per heavy atom. The minimum Gasteiger partial charge on any atom is -0.328 e. The van der Waals surface area contributed by atoms with Crippen molar-refractivity contribution < 1.29 is 4.39 Å². The summed E-state index contributed by atoms with van der Waals surface area (Å²) in [4.78, 5) is 1.25. The molecule has 0 heterocycles. The van der Waals surface area contributed by atoms with Crippen LogP contribution >= 0.6 is 35.0 Å². The summed E-state index contributed by atoms with van der Waals surface area (Å²) >= 11 is 13.3. The second-order valence-corrected chi connectivity index (χ2v) is 6.55. The Labute approximate surface area is 132 Å². The molecule has 20 heavy (non-hydrogen) atoms. The Morgan fingerprint density at radius 3 is 2.55 bits per heavy atom. The van der Waals surface area contributed by atoms with Crippen LogP contribution in [-0.2, 0) is 6.42 Å². The van der Waals surface area contributed by atoms with Crippen molar-refractivity contribution in [1.82, 2.24) is 0 Å². The molecule has 2 rings (SSSR count). The smallest absolute Gasteiger partial charge is 0.137 e. The number of halogens is 3. The Hall–Kier alpha value is -0.740. The van der Waals surface area contributed by atoms with E-state index in [4.69, 9.17) is 28.9 Å². The molecule has 1 atom stereocenters. The van der Waals surface area contributed by atoms with Crippen LogP contribution in [0.1, 0.15) is 12.5 Å². The number of benzene rings is 2. The molecule has 0 bridgehead atoms. The van der Waals surface area contributed by atoms with Crippen LogP contribution < -0.4 is 5.73 Å². The molecule has 2 N–H and O–H groups in total. The van der Waals surface area contributed by atoms with Crippen molar-refractivity contribution in [2.45, 2.75) is 29.2 Å². The third-order valence-electron chi connectivity index (χ3n) is 2.67. The van der Waals surface area contributed by atoms with Gasteiger partial charge < -0.3 is 5.73 Å². The monoisotopic (exact) mass is 329 g/mol. The summed E-state index contributed by atoms with van der Waals surface area (Å²) in [6.07, 6.45) is 0.653. The Bertz CT molecular complexity index is 617. The maximum absolute atomic E-state index is 14.1. The number of nitrogens with two attached hydrogens (primary N) is 1. The van der Waals surface area contributed by atoms with Crippen molar-refractivity contribution in [2.75, 3.05) is 0 Å². The van der Waals surface area contributed by atoms with E-state index in [2.05, 4.69) is 0 Å². The molecule has 0 saturated heterocycles. The van der Waals surface area contributed by atoms with Crippen molar-refractivity contribution in [3.8, 4) is 0 Å². The molecule has 0 aromatic heterocycles. The molecule has 0 spiro atoms. The minimum atomic E-state index is -0.274. The van der Waals surface area contributed by atoms with Gasteiger partial charge in [0, 0.05) is 20.9 Å². The predicted octanol–water partition coefficient (Wildman–Crippen LogP) is 5.17. The summed E-state index contributed by atoms with van der Waals surface area (Å²) in [5, 5.41) is 1.13. The summed E-state index contributed by atoms with van der Waals surface area (Å²) < 4.78 is 14.1. The van der Waals surface area contributed by atoms with Gasteiger partial charge in [-0.25, -0.2) is 4.39 Å². The summed E-state index contributed by atoms with van der Waals surface area (Å²) in [7, 11) is 0. The van der Waals surface area contributed by atoms with Crippen molar-refractivity contribution in [3.05, 3.63) is 57.8 Å². The Kier molecular flexibility index (Phi) is 5.33. The maximum Gasteiger partial charge on any atom is 0.137 e. The van der Waals surface area contributed by atoms with Crippen LogP contribution in [-0.4, -0.2) is 6.04 Å². The summed E-state index contributed by atoms with van der Waals surface area (Å²) in [6.45, 7) is 1.90. The van der Waals surface area contributed by atoms with Gasteiger partial charge in [0.25, 0.3) is 0 Å². The van der Waals surface area contributed by atoms with Gasteiger partial charge in [0.2, 0.25) is 0 Å². The van der Waals surface area contributed by atoms with Crippen LogP contribution in [0.3, 0.4) is 0 Å². The molecule has 1 nitrogen and oxygen atoms in total. The van der Waals surface area contributed by atoms with Gasteiger partial charge in [-0.2, -0.15) is 0 Å². The number of rotatable bonds is 4. The molecule has 0 amide bonds. The van der Waals surface area contributed by atoms with Crippen molar-refractivity contribution in [2.24, 2.45) is 5.73 Å². The lowest BCUT2D eigenvalue weighted by Gasteiger charge is -2.09. The van der Waals surface area contributed by atoms with Crippen molar-refractivity contribution in [3.63, 3.8) is 0 Å². The van der Waals surface area contributed by atoms with Gasteiger partial charge in [-0.3, -0.25) is 0 Å². The summed E-state index contributed by atoms with van der Waals surface area (Å²) in [5.41, 5.74) is 6.60. The Balaban J connectivity index is 2.23. The van der Waals surface area contributed by atoms with E-state index in [0.717, 1.165) is 10.5 Å². The third kappa shape index (κ3) is 4.13. The van der Waals surface area contributed by atoms with E-state index in [9.17, 15) is 4.39 Å². The van der Waals surface area contributed by atoms with Crippen LogP contribution in [0.15, 0.2) is 46.2 Å². The zero-order valence-corrected chi connectivity index (χ0v) is 13.2. The quantitative estimate of drug-likeness (QED) is 0.836. The third-order valence-corrected chi connectivity index (χ3v) is 4.45. The van der Waals surface area contributed by atoms with Gasteiger partial charge in [0.05, 0.1) is 5.02 Å². The molecule has 0 aliphatic carbocycles. The molecule has 106 valence electrons. The molecule has 2 aromatic rings. The van der Waals surface area contributed by atoms with Gasteiger partial charge in [-0.15, -0.1) is 0 Å². The summed E-state index contributed by atoms with van der Waals surface area (Å²) in [6, 6.07) is 10.3. The first-order chi connectivity index (χ1) is 9.45. The molecule has 0 aliphatic rings. The van der Waals surface area contributed by atoms with Gasteiger partial charge >= 0.3 is 0 Å². The van der Waals surface area contributed by atoms with Crippen LogP contribution in [0.5, 0.6) is 0 Å². The average Bonchev–Trinajstić information content (AvgIpc) is 2.36. The molecule has 0 radical (unpaired) electrons. The van der Waals surface area contributed by atoms with Crippen LogP contribution in [0, 0.1) is 5.82 Å². The standard InChI is InChI=1S/C15H14Cl2FNS/c1-9(19)6-10-2-5-14(13(18)7-10)20-15-8-11(16)3-4-12(15)17/h2-5,7-9H,6,19H2,1H3. The van der Waals surface area contributed by atoms with Crippen LogP contribution in [0.4, 0.5) is 4.39 Å². The first-order valence-corrected chi connectivity index (χ1v) is 7.70. The van der Waals surface area contributed by atoms with E-state index < -0.39 is 0 Å². The van der Waals surface area contributed by atoms with Gasteiger partial charge in [0.1, 0.15) is 5.82 Å². The van der Waals surface area contributed by atoms with E-state index in [1.165, 1.54) is 17.8 Å². The largest absolute Gasteiger partial charge is 0.328 e. The molecule has 0 fully saturated rings. The van der Waals surface area contributed by atoms with E-state index in [1.807, 2.05) is 13.0 Å². The lowest BCUT2D eigenvalue weighted by Crippen LogP contribution is -2.17. The van der Waals surface area contributed by atoms with Crippen molar-refractivity contribution in [1.29, 1.82) is 0 Å². The molecule has 0 saturated carbocycles. The molecule has 5 heteroatoms. The fourth-order valence-corrected chi connectivity index (χ4v) is 3.15. The second-order valence-electron chi connectivity index (χ2n) is 4.62. The predicted molar refractivity (Wildman–Crippen MR) is 84.3 cm³/mol. The lowest BCUT2D eigenvalue weighted by molar-refractivity contribution is 0.597. The highest BCUT2D eigenvalue weighted by Crippen LogP contribution is 2.36. The minimum absolute atomic E-state index is 0.00952. The van der Waals surface area contributed by atoms with Gasteiger partial charge in [-0.1, -0.05) is 41.0 Å². The number of hydrogen-bond acceptors (Lipinski definition) is 2. The highest BCUT2D eigenvalue weighted by molar-refractivity contribution is 7.99. The fourth-order valence-electron chi connectivity index (χ4n) is 1.80. The average molecular weight is 330 g/mol. The first kappa shape index (κ1) is 15.6. The first-order valence-electron chi connectivity index (χ1n) is 6.12. The summed E-state index contributed by atoms with van der Waals surface area (Å²) in [5.74, 6) is -0.274. The Morgan fingerprint density at radius 1 is 1.15 bits per heavy atom. The van der Waals surface area contributed by atoms with E-state index >= 15 is 0 Å². The van der Waals surface area contributed by atoms with E-state index in [0.29, 0.717) is 21.4 Å². The molecular formula is C15H14Cl2FNS. The highest BCUT2D eigenvalue weighted by Gasteiger charge is 2.09. The molecule has 0 aliphatic heterocycles. The second kappa shape index (κ2) is 6.81. The fraction of sp³-hybridized carbons (Fsp3) is 0.200. The molecule has 1 unspecified atom stereocenters. The van der Waals surface area contributed by atoms with Crippen LogP contribution in [0.25, 0.3) is 0 Å². The SMILES string of the molecule is CC(N)Cc1ccc(Sc2cc(Cl)ccc2Cl)c(F)c1. The van der Waals surface area contributed by atoms with Gasteiger partial charge in [-0.05, 0) is 49.2 Å². The van der Waals surface area contributed by atoms with Crippen molar-refractivity contribution >= 4 is 35.0 Å². The lowest BCUT2D eigenvalue weighted by atomic mass is 10.1. The van der Waals surface area contributed by atoms with Gasteiger partial charge in [0.15, 0.2) is 0 Å².